The predicted molar refractivity (Wildman–Crippen MR) is 107 cm³/mol. The van der Waals surface area contributed by atoms with E-state index in [0.29, 0.717) is 10.2 Å². The van der Waals surface area contributed by atoms with E-state index in [1.54, 1.807) is 6.07 Å². The van der Waals surface area contributed by atoms with Crippen molar-refractivity contribution in [1.82, 2.24) is 4.47 Å². The lowest BCUT2D eigenvalue weighted by atomic mass is 10.2. The van der Waals surface area contributed by atoms with E-state index < -0.39 is 15.9 Å². The topological polar surface area (TPSA) is 105 Å². The average molecular weight is 446 g/mol. The smallest absolute Gasteiger partial charge is 0.266 e. The molecule has 0 radical (unpaired) electrons. The number of halogens is 2. The van der Waals surface area contributed by atoms with Crippen LogP contribution in [0.4, 0.5) is 11.4 Å². The van der Waals surface area contributed by atoms with Crippen LogP contribution in [-0.2, 0) is 19.7 Å². The first-order valence-electron chi connectivity index (χ1n) is 7.77. The third-order valence-corrected chi connectivity index (χ3v) is 6.08. The summed E-state index contributed by atoms with van der Waals surface area (Å²) < 4.78 is 25.5. The zero-order valence-corrected chi connectivity index (χ0v) is 17.4. The lowest BCUT2D eigenvalue weighted by molar-refractivity contribution is -0.114. The molecular weight excluding hydrogens is 429 g/mol. The average Bonchev–Trinajstić information content (AvgIpc) is 2.62. The van der Waals surface area contributed by atoms with Crippen LogP contribution in [0.25, 0.3) is 0 Å². The molecule has 2 amide bonds. The van der Waals surface area contributed by atoms with Gasteiger partial charge < -0.3 is 10.6 Å². The van der Waals surface area contributed by atoms with Crippen LogP contribution < -0.4 is 10.6 Å². The number of nitrogens with one attached hydrogen (secondary N) is 2. The zero-order chi connectivity index (χ0) is 21.1. The highest BCUT2D eigenvalue weighted by atomic mass is 35.5. The lowest BCUT2D eigenvalue weighted by Crippen LogP contribution is -2.26. The van der Waals surface area contributed by atoms with Gasteiger partial charge in [0.2, 0.25) is 5.91 Å². The standard InChI is InChI=1S/C17H17Cl2N3O5S/c1-10(23)20-12-5-7-15(14(19)9-12)21-17(24)11-4-6-13(18)16(8-11)28(25,26)22(2)27-3/h4-9H,1-3H3,(H,20,23)(H,21,24). The summed E-state index contributed by atoms with van der Waals surface area (Å²) in [4.78, 5) is 28.1. The minimum Gasteiger partial charge on any atom is -0.326 e. The number of hydroxylamine groups is 1. The molecular formula is C17H17Cl2N3O5S. The molecule has 0 atom stereocenters. The molecule has 2 aromatic rings. The van der Waals surface area contributed by atoms with Gasteiger partial charge in [-0.1, -0.05) is 27.7 Å². The van der Waals surface area contributed by atoms with Crippen molar-refractivity contribution in [2.75, 3.05) is 24.8 Å². The first-order chi connectivity index (χ1) is 13.1. The van der Waals surface area contributed by atoms with Crippen molar-refractivity contribution >= 4 is 56.4 Å². The Morgan fingerprint density at radius 1 is 1.04 bits per heavy atom. The van der Waals surface area contributed by atoms with E-state index >= 15 is 0 Å². The summed E-state index contributed by atoms with van der Waals surface area (Å²) in [7, 11) is -1.65. The molecule has 8 nitrogen and oxygen atoms in total. The van der Waals surface area contributed by atoms with Crippen LogP contribution in [0, 0.1) is 0 Å². The monoisotopic (exact) mass is 445 g/mol. The van der Waals surface area contributed by atoms with Gasteiger partial charge >= 0.3 is 0 Å². The minimum atomic E-state index is -4.04. The number of anilines is 2. The molecule has 0 aliphatic carbocycles. The van der Waals surface area contributed by atoms with Crippen LogP contribution in [0.3, 0.4) is 0 Å². The summed E-state index contributed by atoms with van der Waals surface area (Å²) in [6, 6.07) is 8.37. The molecule has 0 heterocycles. The van der Waals surface area contributed by atoms with Gasteiger partial charge in [-0.3, -0.25) is 14.4 Å². The van der Waals surface area contributed by atoms with E-state index in [9.17, 15) is 18.0 Å². The second-order valence-electron chi connectivity index (χ2n) is 5.57. The quantitative estimate of drug-likeness (QED) is 0.662. The Morgan fingerprint density at radius 2 is 1.71 bits per heavy atom. The summed E-state index contributed by atoms with van der Waals surface area (Å²) in [5, 5.41) is 5.29. The number of sulfonamides is 1. The molecule has 0 saturated carbocycles. The highest BCUT2D eigenvalue weighted by Gasteiger charge is 2.25. The second-order valence-corrected chi connectivity index (χ2v) is 8.29. The van der Waals surface area contributed by atoms with Crippen molar-refractivity contribution < 1.29 is 22.8 Å². The number of hydrogen-bond acceptors (Lipinski definition) is 5. The molecule has 0 spiro atoms. The maximum absolute atomic E-state index is 12.5. The Hall–Kier alpha value is -2.17. The van der Waals surface area contributed by atoms with Crippen molar-refractivity contribution in [3.05, 3.63) is 52.0 Å². The number of carbonyl (C=O) groups is 2. The van der Waals surface area contributed by atoms with Gasteiger partial charge in [0.1, 0.15) is 4.90 Å². The van der Waals surface area contributed by atoms with Crippen molar-refractivity contribution in [2.45, 2.75) is 11.8 Å². The van der Waals surface area contributed by atoms with Crippen LogP contribution in [0.1, 0.15) is 17.3 Å². The van der Waals surface area contributed by atoms with Crippen LogP contribution in [0.5, 0.6) is 0 Å². The number of rotatable bonds is 6. The molecule has 2 rings (SSSR count). The van der Waals surface area contributed by atoms with Gasteiger partial charge in [0, 0.05) is 25.2 Å². The second kappa shape index (κ2) is 8.89. The molecule has 2 N–H and O–H groups in total. The number of benzene rings is 2. The van der Waals surface area contributed by atoms with Crippen LogP contribution >= 0.6 is 23.2 Å². The Kier molecular flexibility index (Phi) is 7.02. The zero-order valence-electron chi connectivity index (χ0n) is 15.1. The number of amides is 2. The van der Waals surface area contributed by atoms with Gasteiger partial charge in [-0.2, -0.15) is 0 Å². The molecule has 2 aromatic carbocycles. The van der Waals surface area contributed by atoms with Gasteiger partial charge in [0.15, 0.2) is 0 Å². The van der Waals surface area contributed by atoms with Crippen LogP contribution in [0.2, 0.25) is 10.0 Å². The SMILES string of the molecule is CON(C)S(=O)(=O)c1cc(C(=O)Nc2ccc(NC(C)=O)cc2Cl)ccc1Cl. The van der Waals surface area contributed by atoms with E-state index in [4.69, 9.17) is 28.0 Å². The summed E-state index contributed by atoms with van der Waals surface area (Å²) in [6.07, 6.45) is 0. The van der Waals surface area contributed by atoms with Gasteiger partial charge in [-0.15, -0.1) is 0 Å². The van der Waals surface area contributed by atoms with E-state index in [-0.39, 0.29) is 32.1 Å². The number of nitrogens with zero attached hydrogens (tertiary/aromatic N) is 1. The van der Waals surface area contributed by atoms with Crippen LogP contribution in [0.15, 0.2) is 41.3 Å². The molecule has 0 saturated heterocycles. The Balaban J connectivity index is 2.31. The Morgan fingerprint density at radius 3 is 2.29 bits per heavy atom. The molecule has 28 heavy (non-hydrogen) atoms. The first kappa shape index (κ1) is 22.1. The number of carbonyl (C=O) groups excluding carboxylic acids is 2. The first-order valence-corrected chi connectivity index (χ1v) is 9.97. The molecule has 0 aromatic heterocycles. The highest BCUT2D eigenvalue weighted by Crippen LogP contribution is 2.28. The van der Waals surface area contributed by atoms with Crippen molar-refractivity contribution in [1.29, 1.82) is 0 Å². The molecule has 0 unspecified atom stereocenters. The minimum absolute atomic E-state index is 0.0504. The third-order valence-electron chi connectivity index (χ3n) is 3.60. The summed E-state index contributed by atoms with van der Waals surface area (Å²) in [5.74, 6) is -0.855. The van der Waals surface area contributed by atoms with Gasteiger partial charge in [-0.25, -0.2) is 8.42 Å². The van der Waals surface area contributed by atoms with Gasteiger partial charge in [0.25, 0.3) is 15.9 Å². The Bertz CT molecular complexity index is 1030. The molecule has 0 aliphatic rings. The summed E-state index contributed by atoms with van der Waals surface area (Å²) in [5.41, 5.74) is 0.807. The molecule has 0 bridgehead atoms. The van der Waals surface area contributed by atoms with E-state index in [1.807, 2.05) is 0 Å². The maximum atomic E-state index is 12.5. The fourth-order valence-electron chi connectivity index (χ4n) is 2.17. The summed E-state index contributed by atoms with van der Waals surface area (Å²) >= 11 is 12.1. The van der Waals surface area contributed by atoms with Gasteiger partial charge in [0.05, 0.1) is 22.8 Å². The molecule has 0 fully saturated rings. The highest BCUT2D eigenvalue weighted by molar-refractivity contribution is 7.89. The Labute approximate surface area is 172 Å². The van der Waals surface area contributed by atoms with Gasteiger partial charge in [-0.05, 0) is 36.4 Å². The summed E-state index contributed by atoms with van der Waals surface area (Å²) in [6.45, 7) is 1.36. The maximum Gasteiger partial charge on any atom is 0.266 e. The lowest BCUT2D eigenvalue weighted by Gasteiger charge is -2.16. The van der Waals surface area contributed by atoms with E-state index in [2.05, 4.69) is 10.6 Å². The molecule has 150 valence electrons. The molecule has 11 heteroatoms. The van der Waals surface area contributed by atoms with Crippen molar-refractivity contribution in [3.8, 4) is 0 Å². The molecule has 0 aliphatic heterocycles. The normalized spacial score (nSPS) is 11.4. The predicted octanol–water partition coefficient (Wildman–Crippen LogP) is 3.39. The number of hydrogen-bond donors (Lipinski definition) is 2. The van der Waals surface area contributed by atoms with E-state index in [0.717, 1.165) is 6.07 Å². The van der Waals surface area contributed by atoms with Crippen molar-refractivity contribution in [3.63, 3.8) is 0 Å². The third kappa shape index (κ3) is 5.00. The van der Waals surface area contributed by atoms with E-state index in [1.165, 1.54) is 45.3 Å². The largest absolute Gasteiger partial charge is 0.326 e. The van der Waals surface area contributed by atoms with Crippen molar-refractivity contribution in [2.24, 2.45) is 0 Å². The fraction of sp³-hybridized carbons (Fsp3) is 0.176. The fourth-order valence-corrected chi connectivity index (χ4v) is 3.87. The van der Waals surface area contributed by atoms with Crippen LogP contribution in [-0.4, -0.2) is 38.9 Å².